The van der Waals surface area contributed by atoms with Crippen LogP contribution in [0, 0.1) is 11.8 Å². The van der Waals surface area contributed by atoms with Crippen LogP contribution in [-0.2, 0) is 19.2 Å². The van der Waals surface area contributed by atoms with Crippen molar-refractivity contribution in [1.29, 1.82) is 0 Å². The van der Waals surface area contributed by atoms with Crippen molar-refractivity contribution in [2.24, 2.45) is 11.8 Å². The summed E-state index contributed by atoms with van der Waals surface area (Å²) in [5.41, 5.74) is 9.50. The minimum Gasteiger partial charge on any atom is -0.147 e. The van der Waals surface area contributed by atoms with Crippen molar-refractivity contribution >= 4 is 24.8 Å². The third kappa shape index (κ3) is 3.45. The van der Waals surface area contributed by atoms with Crippen LogP contribution >= 0.6 is 24.8 Å². The summed E-state index contributed by atoms with van der Waals surface area (Å²) in [5, 5.41) is 0. The molecule has 2 rings (SSSR count). The fourth-order valence-corrected chi connectivity index (χ4v) is 6.25. The average Bonchev–Trinajstić information content (AvgIpc) is 2.68. The van der Waals surface area contributed by atoms with Gasteiger partial charge in [-0.2, -0.15) is 0 Å². The molecule has 0 amide bonds. The third-order valence-electron chi connectivity index (χ3n) is 5.55. The maximum Gasteiger partial charge on any atom is -0.147 e. The molecule has 0 heterocycles. The van der Waals surface area contributed by atoms with E-state index >= 15 is 0 Å². The standard InChI is InChI=1S/2C9H13.2ClH.Ti/c2*1-6-5-7(2)9(4)8(6)3;;;/h2*6H,1-4H3;2*1H;. The maximum atomic E-state index is 2.40. The Morgan fingerprint density at radius 2 is 0.857 bits per heavy atom. The number of rotatable bonds is 2. The molecule has 2 aliphatic rings. The van der Waals surface area contributed by atoms with E-state index in [4.69, 9.17) is 0 Å². The van der Waals surface area contributed by atoms with Crippen molar-refractivity contribution in [2.75, 3.05) is 0 Å². The zero-order valence-corrected chi connectivity index (χ0v) is 17.7. The van der Waals surface area contributed by atoms with Crippen LogP contribution in [0.4, 0.5) is 0 Å². The van der Waals surface area contributed by atoms with Crippen molar-refractivity contribution in [1.82, 2.24) is 0 Å². The van der Waals surface area contributed by atoms with Gasteiger partial charge in [-0.25, -0.2) is 0 Å². The Bertz CT molecular complexity index is 512. The van der Waals surface area contributed by atoms with Gasteiger partial charge in [-0.15, -0.1) is 24.8 Å². The molecule has 2 atom stereocenters. The Kier molecular flexibility index (Phi) is 7.78. The number of hydrogen-bond donors (Lipinski definition) is 0. The van der Waals surface area contributed by atoms with Gasteiger partial charge in [0.2, 0.25) is 0 Å². The van der Waals surface area contributed by atoms with Crippen LogP contribution in [0.15, 0.2) is 41.2 Å². The first-order valence-corrected chi connectivity index (χ1v) is 8.87. The van der Waals surface area contributed by atoms with Gasteiger partial charge in [-0.1, -0.05) is 0 Å². The molecule has 118 valence electrons. The molecule has 21 heavy (non-hydrogen) atoms. The predicted octanol–water partition coefficient (Wildman–Crippen LogP) is 6.43. The summed E-state index contributed by atoms with van der Waals surface area (Å²) in [6.45, 7) is 18.7. The van der Waals surface area contributed by atoms with E-state index in [1.54, 1.807) is 41.2 Å². The molecular formula is C18H28Cl2Ti. The first-order chi connectivity index (χ1) is 8.77. The average molecular weight is 363 g/mol. The Balaban J connectivity index is 0.00000200. The molecule has 0 spiro atoms. The second-order valence-corrected chi connectivity index (χ2v) is 8.33. The molecule has 0 aromatic heterocycles. The summed E-state index contributed by atoms with van der Waals surface area (Å²) in [5.74, 6) is 1.38. The molecule has 0 saturated carbocycles. The molecule has 0 nitrogen and oxygen atoms in total. The molecule has 0 aliphatic heterocycles. The van der Waals surface area contributed by atoms with Crippen molar-refractivity contribution in [3.8, 4) is 0 Å². The minimum atomic E-state index is -0.132. The van der Waals surface area contributed by atoms with Gasteiger partial charge in [-0.3, -0.25) is 0 Å². The van der Waals surface area contributed by atoms with Crippen LogP contribution in [0.25, 0.3) is 0 Å². The van der Waals surface area contributed by atoms with Gasteiger partial charge in [0.1, 0.15) is 0 Å². The second kappa shape index (κ2) is 7.69. The molecular weight excluding hydrogens is 335 g/mol. The topological polar surface area (TPSA) is 0 Å². The van der Waals surface area contributed by atoms with Crippen LogP contribution in [0.2, 0.25) is 0 Å². The fourth-order valence-electron chi connectivity index (χ4n) is 3.28. The predicted molar refractivity (Wildman–Crippen MR) is 95.0 cm³/mol. The number of hydrogen-bond acceptors (Lipinski definition) is 0. The number of allylic oxidation sites excluding steroid dienone is 8. The fraction of sp³-hybridized carbons (Fsp3) is 0.556. The van der Waals surface area contributed by atoms with Crippen LogP contribution in [-0.4, -0.2) is 0 Å². The SMILES string of the molecule is CC1=C(C)C(C)[C]([Ti][C]2=C(C)C(C)=C(C)C2C)=C1C.Cl.Cl. The summed E-state index contributed by atoms with van der Waals surface area (Å²) in [4.78, 5) is 0. The van der Waals surface area contributed by atoms with Gasteiger partial charge in [0.15, 0.2) is 0 Å². The Morgan fingerprint density at radius 3 is 1.05 bits per heavy atom. The van der Waals surface area contributed by atoms with Gasteiger partial charge >= 0.3 is 128 Å². The first-order valence-electron chi connectivity index (χ1n) is 7.31. The summed E-state index contributed by atoms with van der Waals surface area (Å²) < 4.78 is 3.55. The molecule has 3 heteroatoms. The van der Waals surface area contributed by atoms with E-state index in [0.717, 1.165) is 0 Å². The maximum absolute atomic E-state index is 2.40. The zero-order valence-electron chi connectivity index (χ0n) is 14.5. The number of halogens is 2. The van der Waals surface area contributed by atoms with E-state index < -0.39 is 0 Å². The molecule has 0 fully saturated rings. The van der Waals surface area contributed by atoms with Gasteiger partial charge in [0, 0.05) is 0 Å². The summed E-state index contributed by atoms with van der Waals surface area (Å²) in [7, 11) is 0. The normalized spacial score (nSPS) is 25.5. The van der Waals surface area contributed by atoms with E-state index in [-0.39, 0.29) is 44.0 Å². The van der Waals surface area contributed by atoms with E-state index in [1.165, 1.54) is 0 Å². The van der Waals surface area contributed by atoms with Crippen LogP contribution in [0.5, 0.6) is 0 Å². The Labute approximate surface area is 152 Å². The quantitative estimate of drug-likeness (QED) is 0.496. The van der Waals surface area contributed by atoms with E-state index in [2.05, 4.69) is 55.4 Å². The molecule has 0 aromatic rings. The van der Waals surface area contributed by atoms with Crippen LogP contribution in [0.3, 0.4) is 0 Å². The largest absolute Gasteiger partial charge is 0.147 e. The van der Waals surface area contributed by atoms with Crippen molar-refractivity contribution in [2.45, 2.75) is 55.4 Å². The first kappa shape index (κ1) is 21.3. The Morgan fingerprint density at radius 1 is 0.571 bits per heavy atom. The smallest absolute Gasteiger partial charge is 0.147 e. The van der Waals surface area contributed by atoms with Crippen molar-refractivity contribution < 1.29 is 19.2 Å². The zero-order chi connectivity index (χ0) is 14.5. The molecule has 0 saturated heterocycles. The second-order valence-electron chi connectivity index (χ2n) is 6.26. The van der Waals surface area contributed by atoms with Crippen molar-refractivity contribution in [3.05, 3.63) is 41.2 Å². The van der Waals surface area contributed by atoms with E-state index in [0.29, 0.717) is 11.8 Å². The summed E-state index contributed by atoms with van der Waals surface area (Å²) in [6, 6.07) is 0. The summed E-state index contributed by atoms with van der Waals surface area (Å²) >= 11 is -0.132. The van der Waals surface area contributed by atoms with Gasteiger partial charge in [0.05, 0.1) is 0 Å². The monoisotopic (exact) mass is 362 g/mol. The molecule has 2 unspecified atom stereocenters. The molecule has 0 radical (unpaired) electrons. The van der Waals surface area contributed by atoms with Crippen LogP contribution < -0.4 is 0 Å². The van der Waals surface area contributed by atoms with Gasteiger partial charge < -0.3 is 0 Å². The van der Waals surface area contributed by atoms with Gasteiger partial charge in [0.25, 0.3) is 0 Å². The molecule has 0 aromatic carbocycles. The van der Waals surface area contributed by atoms with E-state index in [9.17, 15) is 0 Å². The van der Waals surface area contributed by atoms with Crippen molar-refractivity contribution in [3.63, 3.8) is 0 Å². The molecule has 0 N–H and O–H groups in total. The van der Waals surface area contributed by atoms with Gasteiger partial charge in [-0.05, 0) is 0 Å². The van der Waals surface area contributed by atoms with E-state index in [1.807, 2.05) is 0 Å². The minimum absolute atomic E-state index is 0. The summed E-state index contributed by atoms with van der Waals surface area (Å²) in [6.07, 6.45) is 0. The molecule has 0 bridgehead atoms. The van der Waals surface area contributed by atoms with Crippen LogP contribution in [0.1, 0.15) is 55.4 Å². The molecule has 2 aliphatic carbocycles. The third-order valence-corrected chi connectivity index (χ3v) is 8.92. The Hall–Kier alpha value is 0.254.